The molecule has 3 aliphatic rings. The Morgan fingerprint density at radius 1 is 1.47 bits per heavy atom. The second-order valence-corrected chi connectivity index (χ2v) is 5.13. The summed E-state index contributed by atoms with van der Waals surface area (Å²) >= 11 is 0. The maximum Gasteiger partial charge on any atom is 0.270 e. The van der Waals surface area contributed by atoms with E-state index in [0.29, 0.717) is 18.8 Å². The highest BCUT2D eigenvalue weighted by atomic mass is 16.6. The van der Waals surface area contributed by atoms with E-state index in [1.807, 2.05) is 0 Å². The summed E-state index contributed by atoms with van der Waals surface area (Å²) in [5.74, 6) is 2.29. The number of hydrogen-bond acceptors (Lipinski definition) is 4. The number of amides is 2. The standard InChI is InChI=1S/C13H15N3O3/c1-2-5-14-12(17)11-9-6-16(7-10(9)19-15-11)13(18)8-3-4-8/h1,8-10H,3-7H2,(H,14,17). The van der Waals surface area contributed by atoms with Crippen LogP contribution in [0.2, 0.25) is 0 Å². The summed E-state index contributed by atoms with van der Waals surface area (Å²) in [4.78, 5) is 30.9. The molecule has 0 bridgehead atoms. The molecule has 2 fully saturated rings. The minimum absolute atomic E-state index is 0.125. The van der Waals surface area contributed by atoms with Gasteiger partial charge in [-0.25, -0.2) is 0 Å². The molecule has 2 amide bonds. The largest absolute Gasteiger partial charge is 0.389 e. The van der Waals surface area contributed by atoms with E-state index in [0.717, 1.165) is 12.8 Å². The summed E-state index contributed by atoms with van der Waals surface area (Å²) in [6.45, 7) is 1.21. The molecule has 3 rings (SSSR count). The highest BCUT2D eigenvalue weighted by molar-refractivity contribution is 6.40. The molecule has 2 unspecified atom stereocenters. The van der Waals surface area contributed by atoms with Gasteiger partial charge in [0.1, 0.15) is 0 Å². The van der Waals surface area contributed by atoms with Crippen LogP contribution < -0.4 is 5.32 Å². The zero-order valence-electron chi connectivity index (χ0n) is 10.5. The quantitative estimate of drug-likeness (QED) is 0.687. The lowest BCUT2D eigenvalue weighted by Gasteiger charge is -2.16. The normalized spacial score (nSPS) is 28.2. The van der Waals surface area contributed by atoms with Gasteiger partial charge in [-0.15, -0.1) is 6.42 Å². The molecular formula is C13H15N3O3. The number of likely N-dealkylation sites (tertiary alicyclic amines) is 1. The maximum absolute atomic E-state index is 12.0. The Labute approximate surface area is 111 Å². The molecule has 0 spiro atoms. The SMILES string of the molecule is C#CCNC(=O)C1=NOC2CN(C(=O)C3CC3)CC12. The molecule has 2 aliphatic heterocycles. The van der Waals surface area contributed by atoms with Gasteiger partial charge in [-0.2, -0.15) is 0 Å². The number of carbonyl (C=O) groups excluding carboxylic acids is 2. The van der Waals surface area contributed by atoms with Gasteiger partial charge in [-0.1, -0.05) is 11.1 Å². The first-order chi connectivity index (χ1) is 9.20. The second kappa shape index (κ2) is 4.57. The van der Waals surface area contributed by atoms with Crippen molar-refractivity contribution in [3.8, 4) is 12.3 Å². The zero-order valence-corrected chi connectivity index (χ0v) is 10.5. The lowest BCUT2D eigenvalue weighted by atomic mass is 10.0. The molecule has 0 radical (unpaired) electrons. The molecule has 0 aromatic rings. The van der Waals surface area contributed by atoms with Crippen LogP contribution in [0.5, 0.6) is 0 Å². The molecule has 0 aromatic carbocycles. The van der Waals surface area contributed by atoms with E-state index in [1.165, 1.54) is 0 Å². The average molecular weight is 261 g/mol. The van der Waals surface area contributed by atoms with Crippen molar-refractivity contribution in [2.24, 2.45) is 17.0 Å². The Morgan fingerprint density at radius 3 is 2.95 bits per heavy atom. The number of terminal acetylenes is 1. The third-order valence-electron chi connectivity index (χ3n) is 3.73. The van der Waals surface area contributed by atoms with E-state index in [-0.39, 0.29) is 36.3 Å². The number of carbonyl (C=O) groups is 2. The second-order valence-electron chi connectivity index (χ2n) is 5.13. The Kier molecular flexibility index (Phi) is 2.90. The van der Waals surface area contributed by atoms with Gasteiger partial charge >= 0.3 is 0 Å². The summed E-state index contributed by atoms with van der Waals surface area (Å²) in [5, 5.41) is 6.40. The monoisotopic (exact) mass is 261 g/mol. The van der Waals surface area contributed by atoms with Crippen LogP contribution in [-0.2, 0) is 14.4 Å². The van der Waals surface area contributed by atoms with Crippen molar-refractivity contribution in [2.75, 3.05) is 19.6 Å². The summed E-state index contributed by atoms with van der Waals surface area (Å²) in [6.07, 6.45) is 6.87. The van der Waals surface area contributed by atoms with Crippen LogP contribution in [0.1, 0.15) is 12.8 Å². The molecule has 1 saturated heterocycles. The summed E-state index contributed by atoms with van der Waals surface area (Å²) < 4.78 is 0. The van der Waals surface area contributed by atoms with E-state index in [1.54, 1.807) is 4.90 Å². The number of nitrogens with zero attached hydrogens (tertiary/aromatic N) is 2. The molecule has 0 aromatic heterocycles. The van der Waals surface area contributed by atoms with Gasteiger partial charge in [0.15, 0.2) is 11.8 Å². The fourth-order valence-electron chi connectivity index (χ4n) is 2.54. The van der Waals surface area contributed by atoms with E-state index in [9.17, 15) is 9.59 Å². The Bertz CT molecular complexity index is 490. The van der Waals surface area contributed by atoms with Gasteiger partial charge in [0.2, 0.25) is 5.91 Å². The van der Waals surface area contributed by atoms with Crippen molar-refractivity contribution >= 4 is 17.5 Å². The Morgan fingerprint density at radius 2 is 2.26 bits per heavy atom. The van der Waals surface area contributed by atoms with Crippen molar-refractivity contribution in [2.45, 2.75) is 18.9 Å². The van der Waals surface area contributed by atoms with Crippen LogP contribution in [0.4, 0.5) is 0 Å². The van der Waals surface area contributed by atoms with Crippen LogP contribution in [0.15, 0.2) is 5.16 Å². The molecule has 100 valence electrons. The molecular weight excluding hydrogens is 246 g/mol. The summed E-state index contributed by atoms with van der Waals surface area (Å²) in [5.41, 5.74) is 0.353. The topological polar surface area (TPSA) is 71.0 Å². The van der Waals surface area contributed by atoms with Crippen molar-refractivity contribution in [1.82, 2.24) is 10.2 Å². The zero-order chi connectivity index (χ0) is 13.4. The first kappa shape index (κ1) is 12.0. The number of oxime groups is 1. The summed E-state index contributed by atoms with van der Waals surface area (Å²) in [6, 6.07) is 0. The fourth-order valence-corrected chi connectivity index (χ4v) is 2.54. The smallest absolute Gasteiger partial charge is 0.270 e. The van der Waals surface area contributed by atoms with Crippen LogP contribution in [0.3, 0.4) is 0 Å². The number of nitrogens with one attached hydrogen (secondary N) is 1. The molecule has 19 heavy (non-hydrogen) atoms. The van der Waals surface area contributed by atoms with Gasteiger partial charge in [-0.05, 0) is 12.8 Å². The van der Waals surface area contributed by atoms with Gasteiger partial charge < -0.3 is 15.1 Å². The third kappa shape index (κ3) is 2.16. The van der Waals surface area contributed by atoms with Crippen LogP contribution in [0.25, 0.3) is 0 Å². The predicted octanol–water partition coefficient (Wildman–Crippen LogP) is -0.641. The van der Waals surface area contributed by atoms with Gasteiger partial charge in [0, 0.05) is 12.5 Å². The minimum Gasteiger partial charge on any atom is -0.389 e. The molecule has 2 heterocycles. The third-order valence-corrected chi connectivity index (χ3v) is 3.73. The van der Waals surface area contributed by atoms with E-state index in [2.05, 4.69) is 16.4 Å². The molecule has 6 nitrogen and oxygen atoms in total. The van der Waals surface area contributed by atoms with Crippen LogP contribution in [0, 0.1) is 24.2 Å². The number of fused-ring (bicyclic) bond motifs is 1. The first-order valence-corrected chi connectivity index (χ1v) is 6.45. The van der Waals surface area contributed by atoms with Gasteiger partial charge in [0.05, 0.1) is 19.0 Å². The highest BCUT2D eigenvalue weighted by Gasteiger charge is 2.48. The van der Waals surface area contributed by atoms with Gasteiger partial charge in [-0.3, -0.25) is 9.59 Å². The van der Waals surface area contributed by atoms with Crippen molar-refractivity contribution in [1.29, 1.82) is 0 Å². The predicted molar refractivity (Wildman–Crippen MR) is 66.9 cm³/mol. The molecule has 1 saturated carbocycles. The highest BCUT2D eigenvalue weighted by Crippen LogP contribution is 2.35. The van der Waals surface area contributed by atoms with Crippen molar-refractivity contribution in [3.05, 3.63) is 0 Å². The number of hydrogen-bond donors (Lipinski definition) is 1. The molecule has 6 heteroatoms. The average Bonchev–Trinajstić information content (AvgIpc) is 3.05. The van der Waals surface area contributed by atoms with Crippen LogP contribution >= 0.6 is 0 Å². The maximum atomic E-state index is 12.0. The van der Waals surface area contributed by atoms with E-state index in [4.69, 9.17) is 11.3 Å². The van der Waals surface area contributed by atoms with Gasteiger partial charge in [0.25, 0.3) is 5.91 Å². The molecule has 2 atom stereocenters. The van der Waals surface area contributed by atoms with Crippen molar-refractivity contribution in [3.63, 3.8) is 0 Å². The minimum atomic E-state index is -0.300. The first-order valence-electron chi connectivity index (χ1n) is 6.45. The number of rotatable bonds is 3. The fraction of sp³-hybridized carbons (Fsp3) is 0.615. The lowest BCUT2D eigenvalue weighted by Crippen LogP contribution is -2.37. The molecule has 1 aliphatic carbocycles. The van der Waals surface area contributed by atoms with Crippen LogP contribution in [-0.4, -0.2) is 48.2 Å². The lowest BCUT2D eigenvalue weighted by molar-refractivity contribution is -0.132. The molecule has 1 N–H and O–H groups in total. The van der Waals surface area contributed by atoms with E-state index < -0.39 is 0 Å². The Balaban J connectivity index is 1.63. The Hall–Kier alpha value is -2.03. The van der Waals surface area contributed by atoms with E-state index >= 15 is 0 Å². The summed E-state index contributed by atoms with van der Waals surface area (Å²) in [7, 11) is 0. The van der Waals surface area contributed by atoms with Crippen molar-refractivity contribution < 1.29 is 14.4 Å².